The second-order valence-electron chi connectivity index (χ2n) is 7.24. The van der Waals surface area contributed by atoms with Crippen LogP contribution in [-0.2, 0) is 10.0 Å². The maximum Gasteiger partial charge on any atom is 0.317 e. The van der Waals surface area contributed by atoms with E-state index in [0.29, 0.717) is 37.0 Å². The van der Waals surface area contributed by atoms with Crippen molar-refractivity contribution in [2.75, 3.05) is 26.2 Å². The number of carbonyl (C=O) groups excluding carboxylic acids is 1. The molecule has 0 radical (unpaired) electrons. The number of sulfonamides is 1. The summed E-state index contributed by atoms with van der Waals surface area (Å²) in [5.41, 5.74) is 1.68. The highest BCUT2D eigenvalue weighted by Gasteiger charge is 2.33. The first-order valence-corrected chi connectivity index (χ1v) is 10.4. The fraction of sp³-hybridized carbons (Fsp3) is 0.611. The normalized spacial score (nSPS) is 20.4. The minimum Gasteiger partial charge on any atom is -0.335 e. The average molecular weight is 365 g/mol. The zero-order valence-corrected chi connectivity index (χ0v) is 16.0. The Morgan fingerprint density at radius 1 is 1.16 bits per heavy atom. The summed E-state index contributed by atoms with van der Waals surface area (Å²) < 4.78 is 27.3. The van der Waals surface area contributed by atoms with Gasteiger partial charge in [0.05, 0.1) is 4.90 Å². The van der Waals surface area contributed by atoms with Gasteiger partial charge in [-0.3, -0.25) is 0 Å². The number of hydrogen-bond donors (Lipinski definition) is 1. The van der Waals surface area contributed by atoms with Gasteiger partial charge in [0, 0.05) is 32.2 Å². The third-order valence-electron chi connectivity index (χ3n) is 5.17. The molecule has 3 rings (SSSR count). The molecule has 6 nitrogen and oxygen atoms in total. The molecule has 0 spiro atoms. The van der Waals surface area contributed by atoms with Gasteiger partial charge in [0.25, 0.3) is 0 Å². The largest absolute Gasteiger partial charge is 0.335 e. The maximum absolute atomic E-state index is 12.9. The molecular formula is C18H27N3O3S. The second kappa shape index (κ2) is 6.96. The lowest BCUT2D eigenvalue weighted by molar-refractivity contribution is 0.168. The van der Waals surface area contributed by atoms with Gasteiger partial charge in [0.2, 0.25) is 10.0 Å². The van der Waals surface area contributed by atoms with Crippen LogP contribution in [0.3, 0.4) is 0 Å². The third-order valence-corrected chi connectivity index (χ3v) is 7.21. The summed E-state index contributed by atoms with van der Waals surface area (Å²) in [5, 5.41) is 3.03. The van der Waals surface area contributed by atoms with Crippen molar-refractivity contribution in [3.05, 3.63) is 29.3 Å². The summed E-state index contributed by atoms with van der Waals surface area (Å²) in [6.45, 7) is 7.26. The molecule has 25 heavy (non-hydrogen) atoms. The van der Waals surface area contributed by atoms with Crippen LogP contribution in [0.25, 0.3) is 0 Å². The van der Waals surface area contributed by atoms with Crippen molar-refractivity contribution >= 4 is 16.1 Å². The Hall–Kier alpha value is -1.60. The Morgan fingerprint density at radius 2 is 1.80 bits per heavy atom. The first-order chi connectivity index (χ1) is 11.8. The molecule has 1 N–H and O–H groups in total. The minimum atomic E-state index is -3.52. The maximum atomic E-state index is 12.9. The number of nitrogens with one attached hydrogen (secondary N) is 1. The van der Waals surface area contributed by atoms with Gasteiger partial charge >= 0.3 is 6.03 Å². The number of hydrogen-bond acceptors (Lipinski definition) is 3. The molecule has 7 heteroatoms. The van der Waals surface area contributed by atoms with Crippen LogP contribution in [0, 0.1) is 19.8 Å². The highest BCUT2D eigenvalue weighted by molar-refractivity contribution is 7.89. The van der Waals surface area contributed by atoms with E-state index < -0.39 is 10.0 Å². The number of urea groups is 1. The van der Waals surface area contributed by atoms with Crippen LogP contribution in [0.4, 0.5) is 4.79 Å². The highest BCUT2D eigenvalue weighted by Crippen LogP contribution is 2.32. The van der Waals surface area contributed by atoms with E-state index in [-0.39, 0.29) is 12.1 Å². The van der Waals surface area contributed by atoms with Crippen molar-refractivity contribution in [1.82, 2.24) is 14.5 Å². The van der Waals surface area contributed by atoms with Crippen molar-refractivity contribution in [3.63, 3.8) is 0 Å². The van der Waals surface area contributed by atoms with Gasteiger partial charge in [-0.2, -0.15) is 4.31 Å². The standard InChI is InChI=1S/C18H27N3O3S/c1-13-4-5-14(2)17(12-13)25(23,24)21-10-8-20(9-11-21)18(22)19-15(3)16-6-7-16/h4-5,12,15-16H,6-11H2,1-3H3,(H,19,22). The van der Waals surface area contributed by atoms with Gasteiger partial charge < -0.3 is 10.2 Å². The molecule has 1 unspecified atom stereocenters. The molecule has 1 heterocycles. The molecule has 1 aliphatic carbocycles. The van der Waals surface area contributed by atoms with Crippen molar-refractivity contribution in [1.29, 1.82) is 0 Å². The first kappa shape index (κ1) is 18.2. The number of benzene rings is 1. The predicted molar refractivity (Wildman–Crippen MR) is 97.0 cm³/mol. The fourth-order valence-electron chi connectivity index (χ4n) is 3.26. The molecular weight excluding hydrogens is 338 g/mol. The van der Waals surface area contributed by atoms with Crippen LogP contribution in [0.1, 0.15) is 30.9 Å². The second-order valence-corrected chi connectivity index (χ2v) is 9.14. The molecule has 1 saturated heterocycles. The number of aryl methyl sites for hydroxylation is 2. The number of rotatable bonds is 4. The van der Waals surface area contributed by atoms with E-state index in [1.807, 2.05) is 32.9 Å². The van der Waals surface area contributed by atoms with Crippen LogP contribution < -0.4 is 5.32 Å². The van der Waals surface area contributed by atoms with Gasteiger partial charge in [-0.05, 0) is 56.7 Å². The van der Waals surface area contributed by atoms with Gasteiger partial charge in [0.1, 0.15) is 0 Å². The molecule has 1 saturated carbocycles. The minimum absolute atomic E-state index is 0.0804. The summed E-state index contributed by atoms with van der Waals surface area (Å²) in [6.07, 6.45) is 2.37. The Bertz CT molecular complexity index is 751. The molecule has 138 valence electrons. The quantitative estimate of drug-likeness (QED) is 0.888. The molecule has 0 bridgehead atoms. The van der Waals surface area contributed by atoms with E-state index in [1.54, 1.807) is 11.0 Å². The highest BCUT2D eigenvalue weighted by atomic mass is 32.2. The van der Waals surface area contributed by atoms with Crippen molar-refractivity contribution < 1.29 is 13.2 Å². The summed E-state index contributed by atoms with van der Waals surface area (Å²) >= 11 is 0. The molecule has 1 atom stereocenters. The SMILES string of the molecule is Cc1ccc(C)c(S(=O)(=O)N2CCN(C(=O)NC(C)C3CC3)CC2)c1. The van der Waals surface area contributed by atoms with Gasteiger partial charge in [-0.25, -0.2) is 13.2 Å². The van der Waals surface area contributed by atoms with Crippen molar-refractivity contribution in [3.8, 4) is 0 Å². The van der Waals surface area contributed by atoms with Gasteiger partial charge in [-0.15, -0.1) is 0 Å². The Labute approximate surface area is 150 Å². The molecule has 1 aliphatic heterocycles. The van der Waals surface area contributed by atoms with Gasteiger partial charge in [0.15, 0.2) is 0 Å². The zero-order chi connectivity index (χ0) is 18.2. The van der Waals surface area contributed by atoms with E-state index in [1.165, 1.54) is 17.1 Å². The molecule has 1 aromatic rings. The lowest BCUT2D eigenvalue weighted by Gasteiger charge is -2.34. The fourth-order valence-corrected chi connectivity index (χ4v) is 4.99. The molecule has 1 aromatic carbocycles. The molecule has 0 aromatic heterocycles. The van der Waals surface area contributed by atoms with E-state index in [0.717, 1.165) is 11.1 Å². The molecule has 2 fully saturated rings. The number of carbonyl (C=O) groups is 1. The lowest BCUT2D eigenvalue weighted by Crippen LogP contribution is -2.54. The third kappa shape index (κ3) is 3.98. The number of piperazine rings is 1. The summed E-state index contributed by atoms with van der Waals surface area (Å²) in [6, 6.07) is 5.59. The van der Waals surface area contributed by atoms with Crippen LogP contribution in [0.5, 0.6) is 0 Å². The van der Waals surface area contributed by atoms with Crippen molar-refractivity contribution in [2.45, 2.75) is 44.6 Å². The van der Waals surface area contributed by atoms with Crippen LogP contribution in [-0.4, -0.2) is 55.9 Å². The molecule has 2 amide bonds. The topological polar surface area (TPSA) is 69.7 Å². The lowest BCUT2D eigenvalue weighted by atomic mass is 10.2. The van der Waals surface area contributed by atoms with Crippen molar-refractivity contribution in [2.24, 2.45) is 5.92 Å². The van der Waals surface area contributed by atoms with Crippen LogP contribution in [0.15, 0.2) is 23.1 Å². The first-order valence-electron chi connectivity index (χ1n) is 8.92. The predicted octanol–water partition coefficient (Wildman–Crippen LogP) is 2.12. The van der Waals surface area contributed by atoms with Gasteiger partial charge in [-0.1, -0.05) is 12.1 Å². The average Bonchev–Trinajstić information content (AvgIpc) is 3.42. The summed E-state index contributed by atoms with van der Waals surface area (Å²) in [7, 11) is -3.52. The van der Waals surface area contributed by atoms with E-state index in [9.17, 15) is 13.2 Å². The zero-order valence-electron chi connectivity index (χ0n) is 15.2. The Morgan fingerprint density at radius 3 is 2.40 bits per heavy atom. The smallest absolute Gasteiger partial charge is 0.317 e. The Kier molecular flexibility index (Phi) is 5.06. The van der Waals surface area contributed by atoms with E-state index in [4.69, 9.17) is 0 Å². The summed E-state index contributed by atoms with van der Waals surface area (Å²) in [5.74, 6) is 0.606. The number of nitrogens with zero attached hydrogens (tertiary/aromatic N) is 2. The van der Waals surface area contributed by atoms with E-state index >= 15 is 0 Å². The van der Waals surface area contributed by atoms with Crippen LogP contribution >= 0.6 is 0 Å². The van der Waals surface area contributed by atoms with E-state index in [2.05, 4.69) is 5.32 Å². The Balaban J connectivity index is 1.63. The monoisotopic (exact) mass is 365 g/mol. The van der Waals surface area contributed by atoms with Crippen LogP contribution in [0.2, 0.25) is 0 Å². The molecule has 2 aliphatic rings. The number of amides is 2. The summed E-state index contributed by atoms with van der Waals surface area (Å²) in [4.78, 5) is 14.4.